The quantitative estimate of drug-likeness (QED) is 0.522. The highest BCUT2D eigenvalue weighted by molar-refractivity contribution is 5.72. The molecule has 0 aromatic rings. The van der Waals surface area contributed by atoms with Crippen LogP contribution in [0.4, 0.5) is 0 Å². The van der Waals surface area contributed by atoms with Crippen molar-refractivity contribution in [1.82, 2.24) is 10.6 Å². The summed E-state index contributed by atoms with van der Waals surface area (Å²) in [4.78, 5) is 10.3. The van der Waals surface area contributed by atoms with E-state index in [0.29, 0.717) is 0 Å². The van der Waals surface area contributed by atoms with Crippen LogP contribution in [0.25, 0.3) is 0 Å². The Hall–Kier alpha value is -0.570. The van der Waals surface area contributed by atoms with E-state index in [1.165, 1.54) is 6.92 Å². The van der Waals surface area contributed by atoms with Crippen molar-refractivity contribution >= 4 is 5.91 Å². The smallest absolute Gasteiger partial charge is 0.216 e. The SMILES string of the molecule is C[N]CCCNC(C)=O. The second-order valence-electron chi connectivity index (χ2n) is 1.88. The number of hydrogen-bond donors (Lipinski definition) is 1. The van der Waals surface area contributed by atoms with Crippen molar-refractivity contribution in [3.63, 3.8) is 0 Å². The second kappa shape index (κ2) is 5.56. The standard InChI is InChI=1S/C6H13N2O/c1-6(9)8-5-3-4-7-2/h3-5H2,1-2H3,(H,8,9). The average molecular weight is 129 g/mol. The summed E-state index contributed by atoms with van der Waals surface area (Å²) >= 11 is 0. The molecule has 1 N–H and O–H groups in total. The molecule has 1 amide bonds. The van der Waals surface area contributed by atoms with Crippen LogP contribution in [-0.2, 0) is 4.79 Å². The minimum atomic E-state index is 0.0334. The van der Waals surface area contributed by atoms with Crippen molar-refractivity contribution in [2.45, 2.75) is 13.3 Å². The van der Waals surface area contributed by atoms with Gasteiger partial charge in [-0.25, -0.2) is 5.32 Å². The number of carbonyl (C=O) groups excluding carboxylic acids is 1. The molecule has 0 unspecified atom stereocenters. The lowest BCUT2D eigenvalue weighted by molar-refractivity contribution is -0.118. The van der Waals surface area contributed by atoms with Crippen LogP contribution in [-0.4, -0.2) is 26.0 Å². The Bertz CT molecular complexity index is 83.1. The zero-order valence-electron chi connectivity index (χ0n) is 5.98. The zero-order valence-corrected chi connectivity index (χ0v) is 5.98. The van der Waals surface area contributed by atoms with Gasteiger partial charge in [-0.15, -0.1) is 0 Å². The van der Waals surface area contributed by atoms with Crippen molar-refractivity contribution in [1.29, 1.82) is 0 Å². The van der Waals surface area contributed by atoms with Crippen molar-refractivity contribution < 1.29 is 4.79 Å². The van der Waals surface area contributed by atoms with Crippen molar-refractivity contribution in [2.75, 3.05) is 20.1 Å². The van der Waals surface area contributed by atoms with Gasteiger partial charge in [0.1, 0.15) is 0 Å². The van der Waals surface area contributed by atoms with E-state index in [9.17, 15) is 4.79 Å². The Labute approximate surface area is 55.8 Å². The molecule has 0 saturated heterocycles. The average Bonchev–Trinajstić information content (AvgIpc) is 1.80. The molecule has 9 heavy (non-hydrogen) atoms. The molecule has 0 heterocycles. The van der Waals surface area contributed by atoms with Crippen molar-refractivity contribution in [2.24, 2.45) is 0 Å². The monoisotopic (exact) mass is 129 g/mol. The van der Waals surface area contributed by atoms with Crippen LogP contribution >= 0.6 is 0 Å². The van der Waals surface area contributed by atoms with Crippen LogP contribution in [0.2, 0.25) is 0 Å². The number of rotatable bonds is 4. The molecule has 1 radical (unpaired) electrons. The predicted octanol–water partition coefficient (Wildman–Crippen LogP) is -0.253. The van der Waals surface area contributed by atoms with Gasteiger partial charge in [0.15, 0.2) is 0 Å². The highest BCUT2D eigenvalue weighted by Crippen LogP contribution is 1.71. The first-order valence-corrected chi connectivity index (χ1v) is 3.07. The molecule has 53 valence electrons. The Morgan fingerprint density at radius 3 is 2.78 bits per heavy atom. The molecular weight excluding hydrogens is 116 g/mol. The summed E-state index contributed by atoms with van der Waals surface area (Å²) in [5.74, 6) is 0.0334. The third-order valence-electron chi connectivity index (χ3n) is 0.932. The molecule has 3 heteroatoms. The molecular formula is C6H13N2O. The second-order valence-corrected chi connectivity index (χ2v) is 1.88. The topological polar surface area (TPSA) is 43.2 Å². The molecule has 3 nitrogen and oxygen atoms in total. The van der Waals surface area contributed by atoms with E-state index in [-0.39, 0.29) is 5.91 Å². The number of amides is 1. The first kappa shape index (κ1) is 8.43. The van der Waals surface area contributed by atoms with Gasteiger partial charge in [-0.2, -0.15) is 0 Å². The number of nitrogens with one attached hydrogen (secondary N) is 1. The third-order valence-corrected chi connectivity index (χ3v) is 0.932. The van der Waals surface area contributed by atoms with Gasteiger partial charge < -0.3 is 5.32 Å². The third kappa shape index (κ3) is 7.43. The van der Waals surface area contributed by atoms with E-state index in [4.69, 9.17) is 0 Å². The Morgan fingerprint density at radius 1 is 1.67 bits per heavy atom. The van der Waals surface area contributed by atoms with Crippen molar-refractivity contribution in [3.05, 3.63) is 0 Å². The molecule has 0 spiro atoms. The van der Waals surface area contributed by atoms with E-state index < -0.39 is 0 Å². The zero-order chi connectivity index (χ0) is 7.11. The summed E-state index contributed by atoms with van der Waals surface area (Å²) in [5.41, 5.74) is 0. The van der Waals surface area contributed by atoms with Gasteiger partial charge in [0, 0.05) is 27.1 Å². The first-order chi connectivity index (χ1) is 4.27. The van der Waals surface area contributed by atoms with Gasteiger partial charge in [0.25, 0.3) is 0 Å². The van der Waals surface area contributed by atoms with Crippen molar-refractivity contribution in [3.8, 4) is 0 Å². The summed E-state index contributed by atoms with van der Waals surface area (Å²) in [6, 6.07) is 0. The lowest BCUT2D eigenvalue weighted by Crippen LogP contribution is -2.22. The molecule has 0 rings (SSSR count). The summed E-state index contributed by atoms with van der Waals surface area (Å²) in [7, 11) is 1.77. The highest BCUT2D eigenvalue weighted by Gasteiger charge is 1.87. The van der Waals surface area contributed by atoms with E-state index >= 15 is 0 Å². The Kier molecular flexibility index (Phi) is 5.21. The van der Waals surface area contributed by atoms with Crippen LogP contribution < -0.4 is 10.6 Å². The summed E-state index contributed by atoms with van der Waals surface area (Å²) in [5, 5.41) is 6.56. The first-order valence-electron chi connectivity index (χ1n) is 3.07. The van der Waals surface area contributed by atoms with E-state index in [1.807, 2.05) is 0 Å². The van der Waals surface area contributed by atoms with Gasteiger partial charge in [-0.1, -0.05) is 0 Å². The lowest BCUT2D eigenvalue weighted by atomic mass is 10.4. The summed E-state index contributed by atoms with van der Waals surface area (Å²) < 4.78 is 0. The Balaban J connectivity index is 2.83. The van der Waals surface area contributed by atoms with Gasteiger partial charge in [-0.3, -0.25) is 4.79 Å². The fourth-order valence-corrected chi connectivity index (χ4v) is 0.502. The molecule has 0 aliphatic carbocycles. The largest absolute Gasteiger partial charge is 0.356 e. The fraction of sp³-hybridized carbons (Fsp3) is 0.833. The van der Waals surface area contributed by atoms with Gasteiger partial charge >= 0.3 is 0 Å². The maximum atomic E-state index is 10.3. The molecule has 0 aromatic carbocycles. The van der Waals surface area contributed by atoms with E-state index in [2.05, 4.69) is 10.6 Å². The number of carbonyl (C=O) groups is 1. The fourth-order valence-electron chi connectivity index (χ4n) is 0.502. The number of nitrogens with zero attached hydrogens (tertiary/aromatic N) is 1. The molecule has 0 aliphatic rings. The van der Waals surface area contributed by atoms with Gasteiger partial charge in [0.05, 0.1) is 0 Å². The van der Waals surface area contributed by atoms with Crippen LogP contribution in [0.5, 0.6) is 0 Å². The predicted molar refractivity (Wildman–Crippen MR) is 36.2 cm³/mol. The van der Waals surface area contributed by atoms with Crippen LogP contribution in [0, 0.1) is 0 Å². The molecule has 0 fully saturated rings. The molecule has 0 aromatic heterocycles. The van der Waals surface area contributed by atoms with Gasteiger partial charge in [-0.05, 0) is 6.42 Å². The van der Waals surface area contributed by atoms with Crippen LogP contribution in [0.3, 0.4) is 0 Å². The van der Waals surface area contributed by atoms with Gasteiger partial charge in [0.2, 0.25) is 5.91 Å². The minimum absolute atomic E-state index is 0.0334. The minimum Gasteiger partial charge on any atom is -0.356 e. The van der Waals surface area contributed by atoms with E-state index in [0.717, 1.165) is 19.5 Å². The highest BCUT2D eigenvalue weighted by atomic mass is 16.1. The maximum absolute atomic E-state index is 10.3. The molecule has 0 aliphatic heterocycles. The van der Waals surface area contributed by atoms with Crippen LogP contribution in [0.15, 0.2) is 0 Å². The Morgan fingerprint density at radius 2 is 2.33 bits per heavy atom. The molecule has 0 saturated carbocycles. The molecule has 0 atom stereocenters. The summed E-state index contributed by atoms with van der Waals surface area (Å²) in [6.45, 7) is 3.09. The summed E-state index contributed by atoms with van der Waals surface area (Å²) in [6.07, 6.45) is 0.941. The van der Waals surface area contributed by atoms with E-state index in [1.54, 1.807) is 7.05 Å². The number of hydrogen-bond acceptors (Lipinski definition) is 1. The lowest BCUT2D eigenvalue weighted by Gasteiger charge is -1.98. The van der Waals surface area contributed by atoms with Crippen LogP contribution in [0.1, 0.15) is 13.3 Å². The maximum Gasteiger partial charge on any atom is 0.216 e. The molecule has 0 bridgehead atoms. The normalized spacial score (nSPS) is 9.11.